The molecule has 0 heterocycles. The maximum absolute atomic E-state index is 13.3. The summed E-state index contributed by atoms with van der Waals surface area (Å²) in [6.45, 7) is 8.83. The third-order valence-electron chi connectivity index (χ3n) is 6.49. The van der Waals surface area contributed by atoms with Gasteiger partial charge in [-0.2, -0.15) is 0 Å². The number of benzene rings is 3. The molecule has 0 aromatic heterocycles. The highest BCUT2D eigenvalue weighted by Crippen LogP contribution is 2.36. The first-order valence-electron chi connectivity index (χ1n) is 12.9. The van der Waals surface area contributed by atoms with Crippen molar-refractivity contribution in [2.75, 3.05) is 20.4 Å². The Hall–Kier alpha value is -2.85. The molecule has 0 saturated carbocycles. The van der Waals surface area contributed by atoms with Crippen molar-refractivity contribution in [2.45, 2.75) is 62.3 Å². The molecule has 0 aliphatic rings. The van der Waals surface area contributed by atoms with Crippen molar-refractivity contribution in [3.63, 3.8) is 0 Å². The van der Waals surface area contributed by atoms with E-state index in [4.69, 9.17) is 5.14 Å². The minimum atomic E-state index is -3.45. The molecule has 210 valence electrons. The van der Waals surface area contributed by atoms with Crippen molar-refractivity contribution in [1.82, 2.24) is 4.90 Å². The Morgan fingerprint density at radius 1 is 0.897 bits per heavy atom. The number of carbonyl (C=O) groups excluding carboxylic acids is 1. The summed E-state index contributed by atoms with van der Waals surface area (Å²) < 4.78 is 42.2. The van der Waals surface area contributed by atoms with Crippen LogP contribution in [0.3, 0.4) is 0 Å². The molecule has 3 aromatic rings. The molecule has 1 atom stereocenters. The second kappa shape index (κ2) is 12.1. The largest absolute Gasteiger partial charge is 0.305 e. The minimum Gasteiger partial charge on any atom is -0.305 e. The van der Waals surface area contributed by atoms with Gasteiger partial charge >= 0.3 is 0 Å². The number of nitrogens with zero attached hydrogens (tertiary/aromatic N) is 2. The van der Waals surface area contributed by atoms with E-state index < -0.39 is 25.7 Å². The molecule has 7 nitrogen and oxygen atoms in total. The zero-order valence-electron chi connectivity index (χ0n) is 23.8. The zero-order valence-corrected chi connectivity index (χ0v) is 25.4. The van der Waals surface area contributed by atoms with Gasteiger partial charge in [0.2, 0.25) is 0 Å². The number of amides is 1. The summed E-state index contributed by atoms with van der Waals surface area (Å²) in [7, 11) is -2.95. The summed E-state index contributed by atoms with van der Waals surface area (Å²) in [4.78, 5) is 15.8. The number of carbonyl (C=O) groups is 1. The SMILES string of the molecule is CC(C)c1cc(-c2ccccc2S(C)(=O)=O)cc(C(C)C)c1CC(=O)N=S(N)(=O)c1ccc(CN(C)C)cc1. The van der Waals surface area contributed by atoms with Crippen LogP contribution < -0.4 is 5.14 Å². The second-order valence-corrected chi connectivity index (χ2v) is 14.6. The number of nitrogens with two attached hydrogens (primary N) is 1. The Morgan fingerprint density at radius 2 is 1.44 bits per heavy atom. The standard InChI is InChI=1S/C30H39N3O4S2/c1-20(2)26-16-23(25-10-8-9-11-29(25)38(7,35)36)17-27(21(3)4)28(26)18-30(34)32-39(31,37)24-14-12-22(13-15-24)19-33(5)6/h8-17,20-21H,18-19H2,1-7H3,(H2,31,32,34,37). The summed E-state index contributed by atoms with van der Waals surface area (Å²) in [5.41, 5.74) is 5.07. The molecular formula is C30H39N3O4S2. The number of sulfone groups is 1. The van der Waals surface area contributed by atoms with E-state index in [2.05, 4.69) is 4.36 Å². The van der Waals surface area contributed by atoms with Crippen molar-refractivity contribution in [1.29, 1.82) is 0 Å². The van der Waals surface area contributed by atoms with Gasteiger partial charge in [0.25, 0.3) is 5.91 Å². The summed E-state index contributed by atoms with van der Waals surface area (Å²) in [5.74, 6) is -0.475. The van der Waals surface area contributed by atoms with Crippen molar-refractivity contribution in [3.8, 4) is 11.1 Å². The summed E-state index contributed by atoms with van der Waals surface area (Å²) in [5, 5.41) is 6.07. The topological polar surface area (TPSA) is 110 Å². The van der Waals surface area contributed by atoms with Gasteiger partial charge in [-0.25, -0.2) is 17.8 Å². The molecule has 3 aromatic carbocycles. The van der Waals surface area contributed by atoms with Crippen LogP contribution in [0.4, 0.5) is 0 Å². The van der Waals surface area contributed by atoms with Crippen LogP contribution >= 0.6 is 0 Å². The smallest absolute Gasteiger partial charge is 0.259 e. The number of rotatable bonds is 9. The maximum atomic E-state index is 13.3. The third kappa shape index (κ3) is 7.63. The Bertz CT molecular complexity index is 1550. The minimum absolute atomic E-state index is 0.0436. The van der Waals surface area contributed by atoms with E-state index in [-0.39, 0.29) is 23.2 Å². The van der Waals surface area contributed by atoms with E-state index in [1.54, 1.807) is 30.3 Å². The van der Waals surface area contributed by atoms with Gasteiger partial charge in [-0.05, 0) is 71.9 Å². The third-order valence-corrected chi connectivity index (χ3v) is 9.06. The van der Waals surface area contributed by atoms with E-state index in [0.29, 0.717) is 10.5 Å². The van der Waals surface area contributed by atoms with Crippen LogP contribution in [0.5, 0.6) is 0 Å². The quantitative estimate of drug-likeness (QED) is 0.364. The van der Waals surface area contributed by atoms with Crippen molar-refractivity contribution in [2.24, 2.45) is 9.50 Å². The van der Waals surface area contributed by atoms with Crippen LogP contribution in [0.1, 0.15) is 61.8 Å². The van der Waals surface area contributed by atoms with Crippen LogP contribution in [-0.4, -0.2) is 43.8 Å². The molecule has 1 amide bonds. The highest BCUT2D eigenvalue weighted by atomic mass is 32.2. The van der Waals surface area contributed by atoms with Gasteiger partial charge in [0.15, 0.2) is 9.84 Å². The average molecular weight is 570 g/mol. The van der Waals surface area contributed by atoms with Crippen LogP contribution in [-0.2, 0) is 37.5 Å². The maximum Gasteiger partial charge on any atom is 0.259 e. The number of hydrogen-bond acceptors (Lipinski definition) is 5. The zero-order chi connectivity index (χ0) is 29.1. The fourth-order valence-corrected chi connectivity index (χ4v) is 6.59. The Kier molecular flexibility index (Phi) is 9.54. The fraction of sp³-hybridized carbons (Fsp3) is 0.367. The fourth-order valence-electron chi connectivity index (χ4n) is 4.68. The Labute approximate surface area is 233 Å². The highest BCUT2D eigenvalue weighted by Gasteiger charge is 2.22. The molecule has 1 unspecified atom stereocenters. The molecule has 2 N–H and O–H groups in total. The highest BCUT2D eigenvalue weighted by molar-refractivity contribution is 7.91. The Balaban J connectivity index is 2.07. The molecule has 0 radical (unpaired) electrons. The van der Waals surface area contributed by atoms with E-state index in [9.17, 15) is 17.4 Å². The van der Waals surface area contributed by atoms with Crippen molar-refractivity contribution < 1.29 is 17.4 Å². The number of hydrogen-bond donors (Lipinski definition) is 1. The van der Waals surface area contributed by atoms with Crippen LogP contribution in [0.2, 0.25) is 0 Å². The van der Waals surface area contributed by atoms with Crippen molar-refractivity contribution >= 4 is 25.7 Å². The molecule has 0 bridgehead atoms. The summed E-state index contributed by atoms with van der Waals surface area (Å²) in [6.07, 6.45) is 1.15. The molecule has 0 saturated heterocycles. The predicted molar refractivity (Wildman–Crippen MR) is 159 cm³/mol. The van der Waals surface area contributed by atoms with Gasteiger partial charge in [-0.3, -0.25) is 4.79 Å². The summed E-state index contributed by atoms with van der Waals surface area (Å²) >= 11 is 0. The predicted octanol–water partition coefficient (Wildman–Crippen LogP) is 5.54. The lowest BCUT2D eigenvalue weighted by Crippen LogP contribution is -2.17. The average Bonchev–Trinajstić information content (AvgIpc) is 2.82. The van der Waals surface area contributed by atoms with Crippen LogP contribution in [0.15, 0.2) is 74.8 Å². The Morgan fingerprint density at radius 3 is 1.92 bits per heavy atom. The molecule has 9 heteroatoms. The second-order valence-electron chi connectivity index (χ2n) is 10.8. The van der Waals surface area contributed by atoms with Crippen molar-refractivity contribution in [3.05, 3.63) is 82.9 Å². The van der Waals surface area contributed by atoms with Crippen LogP contribution in [0, 0.1) is 0 Å². The molecule has 0 aliphatic heterocycles. The van der Waals surface area contributed by atoms with Crippen LogP contribution in [0.25, 0.3) is 11.1 Å². The van der Waals surface area contributed by atoms with E-state index in [1.165, 1.54) is 6.26 Å². The van der Waals surface area contributed by atoms with E-state index >= 15 is 0 Å². The molecule has 0 aliphatic carbocycles. The van der Waals surface area contributed by atoms with E-state index in [0.717, 1.165) is 34.4 Å². The first-order valence-corrected chi connectivity index (χ1v) is 16.3. The lowest BCUT2D eigenvalue weighted by atomic mass is 9.84. The lowest BCUT2D eigenvalue weighted by molar-refractivity contribution is -0.117. The van der Waals surface area contributed by atoms with Gasteiger partial charge in [0, 0.05) is 18.4 Å². The van der Waals surface area contributed by atoms with Gasteiger partial charge in [-0.1, -0.05) is 70.2 Å². The van der Waals surface area contributed by atoms with Gasteiger partial charge in [0.1, 0.15) is 9.92 Å². The first-order chi connectivity index (χ1) is 18.1. The van der Waals surface area contributed by atoms with E-state index in [1.807, 2.05) is 77.0 Å². The van der Waals surface area contributed by atoms with Gasteiger partial charge in [0.05, 0.1) is 16.2 Å². The normalized spacial score (nSPS) is 13.6. The first kappa shape index (κ1) is 30.7. The lowest BCUT2D eigenvalue weighted by Gasteiger charge is -2.22. The molecule has 3 rings (SSSR count). The molecule has 0 spiro atoms. The monoisotopic (exact) mass is 569 g/mol. The van der Waals surface area contributed by atoms with Gasteiger partial charge in [-0.15, -0.1) is 4.36 Å². The van der Waals surface area contributed by atoms with Gasteiger partial charge < -0.3 is 4.90 Å². The molecular weight excluding hydrogens is 530 g/mol. The summed E-state index contributed by atoms with van der Waals surface area (Å²) in [6, 6.07) is 17.8. The molecule has 39 heavy (non-hydrogen) atoms. The molecule has 0 fully saturated rings.